The van der Waals surface area contributed by atoms with Crippen molar-refractivity contribution >= 4 is 34.6 Å². The molecule has 3 heterocycles. The van der Waals surface area contributed by atoms with Crippen LogP contribution >= 0.6 is 0 Å². The lowest BCUT2D eigenvalue weighted by Crippen LogP contribution is -2.43. The molecule has 9 nitrogen and oxygen atoms in total. The van der Waals surface area contributed by atoms with Crippen molar-refractivity contribution in [3.63, 3.8) is 0 Å². The summed E-state index contributed by atoms with van der Waals surface area (Å²) in [6.45, 7) is 3.89. The van der Waals surface area contributed by atoms with Gasteiger partial charge in [-0.25, -0.2) is 9.97 Å². The summed E-state index contributed by atoms with van der Waals surface area (Å²) >= 11 is 0. The fourth-order valence-corrected chi connectivity index (χ4v) is 3.54. The summed E-state index contributed by atoms with van der Waals surface area (Å²) in [5, 5.41) is 12.5. The zero-order valence-electron chi connectivity index (χ0n) is 18.2. The largest absolute Gasteiger partial charge is 0.495 e. The van der Waals surface area contributed by atoms with Crippen molar-refractivity contribution in [2.75, 3.05) is 55.9 Å². The molecule has 1 amide bonds. The predicted molar refractivity (Wildman–Crippen MR) is 127 cm³/mol. The van der Waals surface area contributed by atoms with Crippen LogP contribution in [0.3, 0.4) is 0 Å². The Morgan fingerprint density at radius 2 is 1.78 bits per heavy atom. The maximum absolute atomic E-state index is 12.4. The van der Waals surface area contributed by atoms with E-state index in [1.54, 1.807) is 20.2 Å². The fraction of sp³-hybridized carbons (Fsp3) is 0.261. The molecule has 1 saturated heterocycles. The molecule has 0 unspecified atom stereocenters. The lowest BCUT2D eigenvalue weighted by molar-refractivity contribution is 0.0963. The summed E-state index contributed by atoms with van der Waals surface area (Å²) < 4.78 is 5.42. The maximum Gasteiger partial charge on any atom is 0.254 e. The van der Waals surface area contributed by atoms with Gasteiger partial charge in [0.2, 0.25) is 0 Å². The molecule has 1 aromatic carbocycles. The van der Waals surface area contributed by atoms with Crippen LogP contribution in [0.5, 0.6) is 5.75 Å². The molecule has 1 fully saturated rings. The Morgan fingerprint density at radius 3 is 2.50 bits per heavy atom. The molecule has 9 heteroatoms. The highest BCUT2D eigenvalue weighted by Crippen LogP contribution is 2.30. The number of ether oxygens (including phenoxy) is 1. The highest BCUT2D eigenvalue weighted by atomic mass is 16.5. The average Bonchev–Trinajstić information content (AvgIpc) is 2.85. The molecule has 0 saturated carbocycles. The Balaban J connectivity index is 1.56. The molecule has 0 aliphatic carbocycles. The highest BCUT2D eigenvalue weighted by molar-refractivity contribution is 6.00. The van der Waals surface area contributed by atoms with Crippen LogP contribution in [-0.4, -0.2) is 56.2 Å². The molecule has 1 aliphatic rings. The molecule has 0 atom stereocenters. The number of methoxy groups -OCH3 is 1. The summed E-state index contributed by atoms with van der Waals surface area (Å²) in [5.41, 5.74) is 2.86. The molecule has 0 spiro atoms. The van der Waals surface area contributed by atoms with Crippen LogP contribution < -0.4 is 30.9 Å². The first-order valence-electron chi connectivity index (χ1n) is 10.5. The van der Waals surface area contributed by atoms with Gasteiger partial charge in [0.05, 0.1) is 35.9 Å². The number of anilines is 5. The number of rotatable bonds is 7. The number of hydrogen-bond acceptors (Lipinski definition) is 8. The van der Waals surface area contributed by atoms with Crippen LogP contribution in [0.15, 0.2) is 54.9 Å². The lowest BCUT2D eigenvalue weighted by Gasteiger charge is -2.29. The maximum atomic E-state index is 12.4. The SMILES string of the molecule is CNC(=O)c1cnc(Nc2ccc(N3CCNCC3)cn2)cc1Nc1ccccc1OC. The van der Waals surface area contributed by atoms with Gasteiger partial charge >= 0.3 is 0 Å². The van der Waals surface area contributed by atoms with Crippen molar-refractivity contribution in [2.24, 2.45) is 0 Å². The molecular weight excluding hydrogens is 406 g/mol. The number of para-hydroxylation sites is 2. The van der Waals surface area contributed by atoms with Crippen molar-refractivity contribution in [2.45, 2.75) is 0 Å². The molecule has 32 heavy (non-hydrogen) atoms. The lowest BCUT2D eigenvalue weighted by atomic mass is 10.2. The number of nitrogens with zero attached hydrogens (tertiary/aromatic N) is 3. The van der Waals surface area contributed by atoms with Gasteiger partial charge in [0.1, 0.15) is 17.4 Å². The van der Waals surface area contributed by atoms with E-state index in [0.29, 0.717) is 28.6 Å². The minimum Gasteiger partial charge on any atom is -0.495 e. The number of aromatic nitrogens is 2. The number of hydrogen-bond donors (Lipinski definition) is 4. The number of amides is 1. The zero-order chi connectivity index (χ0) is 22.3. The quantitative estimate of drug-likeness (QED) is 0.451. The van der Waals surface area contributed by atoms with Crippen LogP contribution in [0.1, 0.15) is 10.4 Å². The number of pyridine rings is 2. The van der Waals surface area contributed by atoms with Gasteiger partial charge in [-0.3, -0.25) is 4.79 Å². The molecule has 0 bridgehead atoms. The Kier molecular flexibility index (Phi) is 6.66. The van der Waals surface area contributed by atoms with Crippen LogP contribution in [0.4, 0.5) is 28.7 Å². The van der Waals surface area contributed by atoms with Gasteiger partial charge in [0.25, 0.3) is 5.91 Å². The van der Waals surface area contributed by atoms with Crippen LogP contribution in [0.2, 0.25) is 0 Å². The Bertz CT molecular complexity index is 1070. The number of carbonyl (C=O) groups is 1. The second-order valence-electron chi connectivity index (χ2n) is 7.28. The number of nitrogens with one attached hydrogen (secondary N) is 4. The second-order valence-corrected chi connectivity index (χ2v) is 7.28. The van der Waals surface area contributed by atoms with Crippen LogP contribution in [0.25, 0.3) is 0 Å². The third-order valence-corrected chi connectivity index (χ3v) is 5.24. The molecule has 1 aliphatic heterocycles. The van der Waals surface area contributed by atoms with E-state index in [2.05, 4.69) is 36.1 Å². The topological polar surface area (TPSA) is 103 Å². The normalized spacial score (nSPS) is 13.4. The summed E-state index contributed by atoms with van der Waals surface area (Å²) in [4.78, 5) is 23.6. The van der Waals surface area contributed by atoms with Gasteiger partial charge in [-0.2, -0.15) is 0 Å². The molecule has 4 rings (SSSR count). The summed E-state index contributed by atoms with van der Waals surface area (Å²) in [7, 11) is 3.20. The molecular formula is C23H27N7O2. The Labute approximate surface area is 187 Å². The van der Waals surface area contributed by atoms with Crippen LogP contribution in [0, 0.1) is 0 Å². The third kappa shape index (κ3) is 4.89. The third-order valence-electron chi connectivity index (χ3n) is 5.24. The molecule has 4 N–H and O–H groups in total. The predicted octanol–water partition coefficient (Wildman–Crippen LogP) is 2.74. The van der Waals surface area contributed by atoms with Gasteiger partial charge in [0, 0.05) is 45.5 Å². The van der Waals surface area contributed by atoms with E-state index in [1.165, 1.54) is 6.20 Å². The van der Waals surface area contributed by atoms with Crippen molar-refractivity contribution in [1.82, 2.24) is 20.6 Å². The molecule has 166 valence electrons. The first kappa shape index (κ1) is 21.4. The Morgan fingerprint density at radius 1 is 1.00 bits per heavy atom. The second kappa shape index (κ2) is 9.97. The van der Waals surface area contributed by atoms with E-state index in [1.807, 2.05) is 42.6 Å². The van der Waals surface area contributed by atoms with Crippen molar-refractivity contribution < 1.29 is 9.53 Å². The molecule has 3 aromatic rings. The average molecular weight is 434 g/mol. The minimum absolute atomic E-state index is 0.236. The summed E-state index contributed by atoms with van der Waals surface area (Å²) in [6, 6.07) is 13.3. The molecule has 2 aromatic heterocycles. The van der Waals surface area contributed by atoms with Crippen molar-refractivity contribution in [3.8, 4) is 5.75 Å². The van der Waals surface area contributed by atoms with E-state index >= 15 is 0 Å². The first-order chi connectivity index (χ1) is 15.7. The van der Waals surface area contributed by atoms with E-state index in [-0.39, 0.29) is 5.91 Å². The van der Waals surface area contributed by atoms with Crippen LogP contribution in [-0.2, 0) is 0 Å². The zero-order valence-corrected chi connectivity index (χ0v) is 18.2. The molecule has 0 radical (unpaired) electrons. The van der Waals surface area contributed by atoms with Crippen molar-refractivity contribution in [1.29, 1.82) is 0 Å². The monoisotopic (exact) mass is 433 g/mol. The fourth-order valence-electron chi connectivity index (χ4n) is 3.54. The number of carbonyl (C=O) groups excluding carboxylic acids is 1. The van der Waals surface area contributed by atoms with E-state index in [4.69, 9.17) is 4.74 Å². The van der Waals surface area contributed by atoms with Gasteiger partial charge in [-0.05, 0) is 24.3 Å². The Hall–Kier alpha value is -3.85. The summed E-state index contributed by atoms with van der Waals surface area (Å²) in [5.74, 6) is 1.68. The number of piperazine rings is 1. The van der Waals surface area contributed by atoms with Gasteiger partial charge in [0.15, 0.2) is 0 Å². The smallest absolute Gasteiger partial charge is 0.254 e. The minimum atomic E-state index is -0.236. The van der Waals surface area contributed by atoms with Gasteiger partial charge < -0.3 is 30.9 Å². The van der Waals surface area contributed by atoms with E-state index < -0.39 is 0 Å². The number of benzene rings is 1. The standard InChI is InChI=1S/C23H27N7O2/c1-24-23(31)17-15-27-22(13-19(17)28-18-5-3-4-6-20(18)32-2)29-21-8-7-16(14-26-21)30-11-9-25-10-12-30/h3-8,13-15,25H,9-12H2,1-2H3,(H,24,31)(H2,26,27,28,29). The van der Waals surface area contributed by atoms with Crippen molar-refractivity contribution in [3.05, 3.63) is 60.4 Å². The van der Waals surface area contributed by atoms with E-state index in [0.717, 1.165) is 37.6 Å². The van der Waals surface area contributed by atoms with E-state index in [9.17, 15) is 4.79 Å². The first-order valence-corrected chi connectivity index (χ1v) is 10.5. The van der Waals surface area contributed by atoms with Gasteiger partial charge in [-0.15, -0.1) is 0 Å². The van der Waals surface area contributed by atoms with Gasteiger partial charge in [-0.1, -0.05) is 12.1 Å². The highest BCUT2D eigenvalue weighted by Gasteiger charge is 2.15. The summed E-state index contributed by atoms with van der Waals surface area (Å²) in [6.07, 6.45) is 3.40.